The summed E-state index contributed by atoms with van der Waals surface area (Å²) in [5.41, 5.74) is 0. The Kier molecular flexibility index (Phi) is 5.83. The van der Waals surface area contributed by atoms with Crippen LogP contribution >= 0.6 is 23.5 Å². The van der Waals surface area contributed by atoms with Gasteiger partial charge in [0.05, 0.1) is 0 Å². The summed E-state index contributed by atoms with van der Waals surface area (Å²) in [6, 6.07) is 0.762. The van der Waals surface area contributed by atoms with Crippen molar-refractivity contribution in [1.29, 1.82) is 0 Å². The van der Waals surface area contributed by atoms with Gasteiger partial charge in [-0.2, -0.15) is 23.5 Å². The molecule has 0 aromatic carbocycles. The van der Waals surface area contributed by atoms with Crippen molar-refractivity contribution in [2.24, 2.45) is 0 Å². The van der Waals surface area contributed by atoms with Crippen LogP contribution < -0.4 is 5.32 Å². The number of thioether (sulfide) groups is 2. The molecule has 2 heterocycles. The molecule has 0 amide bonds. The molecular formula is C12H24N2S2. The summed E-state index contributed by atoms with van der Waals surface area (Å²) in [6.07, 6.45) is 2.77. The van der Waals surface area contributed by atoms with Gasteiger partial charge in [-0.15, -0.1) is 0 Å². The first-order valence-electron chi connectivity index (χ1n) is 6.51. The van der Waals surface area contributed by atoms with Crippen LogP contribution in [0.5, 0.6) is 0 Å². The Hall–Kier alpha value is 0.620. The van der Waals surface area contributed by atoms with E-state index in [0.717, 1.165) is 11.3 Å². The van der Waals surface area contributed by atoms with Crippen molar-refractivity contribution in [3.05, 3.63) is 0 Å². The SMILES string of the molecule is CC1SCCCC1NCCN1CCSCC1. The second-order valence-electron chi connectivity index (χ2n) is 4.73. The van der Waals surface area contributed by atoms with Gasteiger partial charge in [-0.05, 0) is 18.6 Å². The minimum Gasteiger partial charge on any atom is -0.312 e. The van der Waals surface area contributed by atoms with Crippen molar-refractivity contribution < 1.29 is 0 Å². The van der Waals surface area contributed by atoms with E-state index in [4.69, 9.17) is 0 Å². The molecule has 0 aromatic heterocycles. The van der Waals surface area contributed by atoms with Gasteiger partial charge in [0, 0.05) is 49.0 Å². The van der Waals surface area contributed by atoms with Crippen LogP contribution in [0.25, 0.3) is 0 Å². The summed E-state index contributed by atoms with van der Waals surface area (Å²) in [7, 11) is 0. The summed E-state index contributed by atoms with van der Waals surface area (Å²) >= 11 is 4.23. The second kappa shape index (κ2) is 7.14. The number of hydrogen-bond acceptors (Lipinski definition) is 4. The fourth-order valence-corrected chi connectivity index (χ4v) is 4.57. The lowest BCUT2D eigenvalue weighted by molar-refractivity contribution is 0.292. The maximum atomic E-state index is 3.75. The zero-order valence-electron chi connectivity index (χ0n) is 10.3. The normalized spacial score (nSPS) is 32.8. The van der Waals surface area contributed by atoms with Crippen LogP contribution in [-0.4, -0.2) is 59.6 Å². The third-order valence-electron chi connectivity index (χ3n) is 3.55. The minimum atomic E-state index is 0.762. The summed E-state index contributed by atoms with van der Waals surface area (Å²) in [5, 5.41) is 4.56. The first-order valence-corrected chi connectivity index (χ1v) is 8.72. The fraction of sp³-hybridized carbons (Fsp3) is 1.00. The Morgan fingerprint density at radius 3 is 2.81 bits per heavy atom. The highest BCUT2D eigenvalue weighted by molar-refractivity contribution is 8.00. The van der Waals surface area contributed by atoms with Gasteiger partial charge in [0.25, 0.3) is 0 Å². The smallest absolute Gasteiger partial charge is 0.0184 e. The fourth-order valence-electron chi connectivity index (χ4n) is 2.42. The molecule has 16 heavy (non-hydrogen) atoms. The molecular weight excluding hydrogens is 236 g/mol. The van der Waals surface area contributed by atoms with Crippen LogP contribution in [-0.2, 0) is 0 Å². The number of hydrogen-bond donors (Lipinski definition) is 1. The van der Waals surface area contributed by atoms with E-state index in [9.17, 15) is 0 Å². The standard InChI is InChI=1S/C12H24N2S2/c1-11-12(3-2-8-16-11)13-4-5-14-6-9-15-10-7-14/h11-13H,2-10H2,1H3. The Bertz CT molecular complexity index is 195. The van der Waals surface area contributed by atoms with E-state index in [-0.39, 0.29) is 0 Å². The maximum Gasteiger partial charge on any atom is 0.0184 e. The van der Waals surface area contributed by atoms with Gasteiger partial charge in [0.15, 0.2) is 0 Å². The summed E-state index contributed by atoms with van der Waals surface area (Å²) in [4.78, 5) is 2.60. The number of nitrogens with one attached hydrogen (secondary N) is 1. The van der Waals surface area contributed by atoms with Crippen LogP contribution in [0.1, 0.15) is 19.8 Å². The van der Waals surface area contributed by atoms with Gasteiger partial charge < -0.3 is 10.2 Å². The molecule has 0 bridgehead atoms. The molecule has 2 saturated heterocycles. The van der Waals surface area contributed by atoms with E-state index in [1.807, 2.05) is 0 Å². The predicted octanol–water partition coefficient (Wildman–Crippen LogP) is 1.91. The van der Waals surface area contributed by atoms with Gasteiger partial charge in [-0.3, -0.25) is 0 Å². The van der Waals surface area contributed by atoms with Gasteiger partial charge in [-0.1, -0.05) is 6.92 Å². The zero-order valence-corrected chi connectivity index (χ0v) is 11.9. The van der Waals surface area contributed by atoms with Crippen LogP contribution in [0.3, 0.4) is 0 Å². The maximum absolute atomic E-state index is 3.75. The second-order valence-corrected chi connectivity index (χ2v) is 7.44. The van der Waals surface area contributed by atoms with Crippen molar-refractivity contribution in [2.45, 2.75) is 31.1 Å². The molecule has 0 saturated carbocycles. The van der Waals surface area contributed by atoms with Crippen LogP contribution in [0, 0.1) is 0 Å². The van der Waals surface area contributed by atoms with E-state index in [0.29, 0.717) is 0 Å². The summed E-state index contributed by atoms with van der Waals surface area (Å²) < 4.78 is 0. The molecule has 4 heteroatoms. The summed E-state index contributed by atoms with van der Waals surface area (Å²) in [6.45, 7) is 7.39. The molecule has 0 radical (unpaired) electrons. The predicted molar refractivity (Wildman–Crippen MR) is 76.7 cm³/mol. The molecule has 0 spiro atoms. The van der Waals surface area contributed by atoms with Crippen molar-refractivity contribution >= 4 is 23.5 Å². The van der Waals surface area contributed by atoms with Crippen LogP contribution in [0.2, 0.25) is 0 Å². The zero-order chi connectivity index (χ0) is 11.2. The molecule has 0 aliphatic carbocycles. The van der Waals surface area contributed by atoms with E-state index in [1.54, 1.807) is 0 Å². The molecule has 2 nitrogen and oxygen atoms in total. The average Bonchev–Trinajstić information content (AvgIpc) is 2.33. The van der Waals surface area contributed by atoms with Crippen LogP contribution in [0.15, 0.2) is 0 Å². The molecule has 2 aliphatic rings. The minimum absolute atomic E-state index is 0.762. The largest absolute Gasteiger partial charge is 0.312 e. The van der Waals surface area contributed by atoms with E-state index < -0.39 is 0 Å². The van der Waals surface area contributed by atoms with Crippen molar-refractivity contribution in [3.63, 3.8) is 0 Å². The van der Waals surface area contributed by atoms with Gasteiger partial charge >= 0.3 is 0 Å². The van der Waals surface area contributed by atoms with Crippen molar-refractivity contribution in [2.75, 3.05) is 43.4 Å². The monoisotopic (exact) mass is 260 g/mol. The lowest BCUT2D eigenvalue weighted by Crippen LogP contribution is -2.44. The molecule has 1 N–H and O–H groups in total. The third-order valence-corrected chi connectivity index (χ3v) is 5.87. The van der Waals surface area contributed by atoms with Crippen LogP contribution in [0.4, 0.5) is 0 Å². The average molecular weight is 260 g/mol. The number of nitrogens with zero attached hydrogens (tertiary/aromatic N) is 1. The lowest BCUT2D eigenvalue weighted by Gasteiger charge is -2.31. The van der Waals surface area contributed by atoms with Gasteiger partial charge in [0.2, 0.25) is 0 Å². The molecule has 2 fully saturated rings. The lowest BCUT2D eigenvalue weighted by atomic mass is 10.1. The Balaban J connectivity index is 1.59. The highest BCUT2D eigenvalue weighted by Crippen LogP contribution is 2.24. The van der Waals surface area contributed by atoms with E-state index in [1.165, 1.54) is 56.3 Å². The molecule has 2 unspecified atom stereocenters. The van der Waals surface area contributed by atoms with Crippen molar-refractivity contribution in [1.82, 2.24) is 10.2 Å². The molecule has 94 valence electrons. The Morgan fingerprint density at radius 1 is 1.25 bits per heavy atom. The quantitative estimate of drug-likeness (QED) is 0.830. The van der Waals surface area contributed by atoms with Crippen molar-refractivity contribution in [3.8, 4) is 0 Å². The Morgan fingerprint density at radius 2 is 2.06 bits per heavy atom. The highest BCUT2D eigenvalue weighted by Gasteiger charge is 2.21. The third kappa shape index (κ3) is 4.13. The van der Waals surface area contributed by atoms with E-state index >= 15 is 0 Å². The molecule has 2 rings (SSSR count). The van der Waals surface area contributed by atoms with Gasteiger partial charge in [0.1, 0.15) is 0 Å². The first kappa shape index (κ1) is 13.1. The number of rotatable bonds is 4. The Labute approximate surface area is 108 Å². The molecule has 2 aliphatic heterocycles. The molecule has 0 aromatic rings. The topological polar surface area (TPSA) is 15.3 Å². The first-order chi connectivity index (χ1) is 7.86. The van der Waals surface area contributed by atoms with E-state index in [2.05, 4.69) is 40.7 Å². The highest BCUT2D eigenvalue weighted by atomic mass is 32.2. The van der Waals surface area contributed by atoms with Gasteiger partial charge in [-0.25, -0.2) is 0 Å². The molecule has 2 atom stereocenters. The summed E-state index contributed by atoms with van der Waals surface area (Å²) in [5.74, 6) is 4.02.